The van der Waals surface area contributed by atoms with E-state index in [9.17, 15) is 4.79 Å². The molecule has 0 bridgehead atoms. The van der Waals surface area contributed by atoms with Gasteiger partial charge in [0.2, 0.25) is 5.91 Å². The maximum absolute atomic E-state index is 11.8. The average molecular weight is 368 g/mol. The van der Waals surface area contributed by atoms with Crippen LogP contribution < -0.4 is 10.6 Å². The fourth-order valence-corrected chi connectivity index (χ4v) is 3.17. The predicted molar refractivity (Wildman–Crippen MR) is 107 cm³/mol. The van der Waals surface area contributed by atoms with Crippen LogP contribution in [0.4, 0.5) is 0 Å². The molecule has 1 fully saturated rings. The Morgan fingerprint density at radius 2 is 1.92 bits per heavy atom. The van der Waals surface area contributed by atoms with Crippen LogP contribution in [0.5, 0.6) is 0 Å². The van der Waals surface area contributed by atoms with Gasteiger partial charge in [0, 0.05) is 46.3 Å². The molecular formula is C19H37N5O2. The molecule has 0 saturated carbocycles. The Bertz CT molecular complexity index is 443. The number of nitrogens with one attached hydrogen (secondary N) is 2. The second-order valence-electron chi connectivity index (χ2n) is 6.80. The molecule has 1 unspecified atom stereocenters. The van der Waals surface area contributed by atoms with Crippen LogP contribution in [0.25, 0.3) is 0 Å². The highest BCUT2D eigenvalue weighted by Gasteiger charge is 2.27. The quantitative estimate of drug-likeness (QED) is 0.342. The number of morpholine rings is 1. The molecule has 1 saturated heterocycles. The van der Waals surface area contributed by atoms with Gasteiger partial charge in [-0.15, -0.1) is 6.58 Å². The van der Waals surface area contributed by atoms with Gasteiger partial charge in [0.05, 0.1) is 13.2 Å². The van der Waals surface area contributed by atoms with Crippen molar-refractivity contribution in [3.63, 3.8) is 0 Å². The molecule has 0 spiro atoms. The minimum absolute atomic E-state index is 0.0191. The first-order valence-electron chi connectivity index (χ1n) is 9.68. The van der Waals surface area contributed by atoms with Gasteiger partial charge in [0.25, 0.3) is 0 Å². The summed E-state index contributed by atoms with van der Waals surface area (Å²) in [5.74, 6) is 1.25. The van der Waals surface area contributed by atoms with Crippen LogP contribution in [0.3, 0.4) is 0 Å². The van der Waals surface area contributed by atoms with E-state index in [1.807, 2.05) is 0 Å². The molecule has 0 aromatic carbocycles. The lowest BCUT2D eigenvalue weighted by molar-refractivity contribution is -0.127. The van der Waals surface area contributed by atoms with Gasteiger partial charge in [0.1, 0.15) is 6.54 Å². The zero-order valence-corrected chi connectivity index (χ0v) is 17.0. The van der Waals surface area contributed by atoms with Crippen molar-refractivity contribution in [1.82, 2.24) is 20.4 Å². The van der Waals surface area contributed by atoms with E-state index >= 15 is 0 Å². The number of likely N-dealkylation sites (N-methyl/N-ethyl adjacent to an activating group) is 1. The maximum atomic E-state index is 11.8. The first kappa shape index (κ1) is 22.4. The molecule has 1 rings (SSSR count). The van der Waals surface area contributed by atoms with Crippen molar-refractivity contribution in [3.05, 3.63) is 12.7 Å². The van der Waals surface area contributed by atoms with Gasteiger partial charge in [-0.2, -0.15) is 0 Å². The molecule has 0 aromatic heterocycles. The van der Waals surface area contributed by atoms with E-state index in [1.165, 1.54) is 0 Å². The summed E-state index contributed by atoms with van der Waals surface area (Å²) in [4.78, 5) is 20.3. The number of aliphatic imine (C=N–C) groups is 1. The molecule has 150 valence electrons. The van der Waals surface area contributed by atoms with E-state index in [4.69, 9.17) is 4.74 Å². The highest BCUT2D eigenvalue weighted by molar-refractivity contribution is 5.84. The van der Waals surface area contributed by atoms with Crippen LogP contribution in [0.15, 0.2) is 17.6 Å². The number of guanidine groups is 1. The van der Waals surface area contributed by atoms with E-state index in [0.717, 1.165) is 45.7 Å². The van der Waals surface area contributed by atoms with Gasteiger partial charge in [-0.1, -0.05) is 32.8 Å². The lowest BCUT2D eigenvalue weighted by atomic mass is 9.92. The first-order valence-corrected chi connectivity index (χ1v) is 9.68. The summed E-state index contributed by atoms with van der Waals surface area (Å²) >= 11 is 0. The molecule has 1 amide bonds. The summed E-state index contributed by atoms with van der Waals surface area (Å²) < 4.78 is 5.51. The van der Waals surface area contributed by atoms with Crippen molar-refractivity contribution in [1.29, 1.82) is 0 Å². The molecule has 1 aliphatic heterocycles. The van der Waals surface area contributed by atoms with Gasteiger partial charge in [-0.25, -0.2) is 4.99 Å². The second-order valence-corrected chi connectivity index (χ2v) is 6.80. The van der Waals surface area contributed by atoms with Crippen LogP contribution in [-0.4, -0.2) is 87.7 Å². The summed E-state index contributed by atoms with van der Waals surface area (Å²) in [7, 11) is 3.48. The van der Waals surface area contributed by atoms with Crippen LogP contribution in [0, 0.1) is 5.92 Å². The fraction of sp³-hybridized carbons (Fsp3) is 0.789. The predicted octanol–water partition coefficient (Wildman–Crippen LogP) is 0.933. The topological polar surface area (TPSA) is 69.2 Å². The Labute approximate surface area is 158 Å². The molecule has 7 nitrogen and oxygen atoms in total. The first-order chi connectivity index (χ1) is 12.5. The summed E-state index contributed by atoms with van der Waals surface area (Å²) in [6, 6.07) is 0.425. The molecule has 1 aliphatic rings. The molecular weight excluding hydrogens is 330 g/mol. The molecule has 1 atom stereocenters. The van der Waals surface area contributed by atoms with Gasteiger partial charge in [-0.05, 0) is 5.92 Å². The van der Waals surface area contributed by atoms with E-state index in [2.05, 4.69) is 41.0 Å². The number of amides is 1. The molecule has 7 heteroatoms. The van der Waals surface area contributed by atoms with Crippen LogP contribution in [0.1, 0.15) is 26.7 Å². The monoisotopic (exact) mass is 367 g/mol. The number of nitrogens with zero attached hydrogens (tertiary/aromatic N) is 3. The molecule has 0 aromatic rings. The molecule has 0 radical (unpaired) electrons. The number of rotatable bonds is 10. The zero-order chi connectivity index (χ0) is 19.4. The van der Waals surface area contributed by atoms with E-state index in [0.29, 0.717) is 24.5 Å². The van der Waals surface area contributed by atoms with Crippen LogP contribution in [-0.2, 0) is 9.53 Å². The molecule has 26 heavy (non-hydrogen) atoms. The summed E-state index contributed by atoms with van der Waals surface area (Å²) in [6.07, 6.45) is 4.07. The third kappa shape index (κ3) is 7.74. The summed E-state index contributed by atoms with van der Waals surface area (Å²) in [6.45, 7) is 13.3. The van der Waals surface area contributed by atoms with Gasteiger partial charge < -0.3 is 20.3 Å². The number of hydrogen-bond donors (Lipinski definition) is 2. The normalized spacial score (nSPS) is 17.0. The molecule has 1 heterocycles. The lowest BCUT2D eigenvalue weighted by Gasteiger charge is -2.39. The smallest absolute Gasteiger partial charge is 0.243 e. The third-order valence-corrected chi connectivity index (χ3v) is 4.87. The van der Waals surface area contributed by atoms with Gasteiger partial charge >= 0.3 is 0 Å². The van der Waals surface area contributed by atoms with Crippen molar-refractivity contribution < 1.29 is 9.53 Å². The Balaban J connectivity index is 2.76. The summed E-state index contributed by atoms with van der Waals surface area (Å²) in [5, 5.41) is 6.64. The zero-order valence-electron chi connectivity index (χ0n) is 17.0. The SMILES string of the molecule is C=CCNC(=NCC(=O)N(C)C)NCC(C(CC)CC)N1CCOCC1. The minimum Gasteiger partial charge on any atom is -0.379 e. The van der Waals surface area contributed by atoms with Crippen LogP contribution >= 0.6 is 0 Å². The largest absolute Gasteiger partial charge is 0.379 e. The van der Waals surface area contributed by atoms with Gasteiger partial charge in [0.15, 0.2) is 5.96 Å². The van der Waals surface area contributed by atoms with Gasteiger partial charge in [-0.3, -0.25) is 9.69 Å². The van der Waals surface area contributed by atoms with E-state index < -0.39 is 0 Å². The lowest BCUT2D eigenvalue weighted by Crippen LogP contribution is -2.53. The third-order valence-electron chi connectivity index (χ3n) is 4.87. The number of ether oxygens (including phenoxy) is 1. The fourth-order valence-electron chi connectivity index (χ4n) is 3.17. The Hall–Kier alpha value is -1.60. The maximum Gasteiger partial charge on any atom is 0.243 e. The second kappa shape index (κ2) is 12.7. The van der Waals surface area contributed by atoms with Crippen molar-refractivity contribution in [3.8, 4) is 0 Å². The van der Waals surface area contributed by atoms with Crippen molar-refractivity contribution in [2.45, 2.75) is 32.7 Å². The summed E-state index contributed by atoms with van der Waals surface area (Å²) in [5.41, 5.74) is 0. The van der Waals surface area contributed by atoms with Crippen molar-refractivity contribution in [2.75, 3.05) is 60.0 Å². The van der Waals surface area contributed by atoms with E-state index in [1.54, 1.807) is 25.1 Å². The molecule has 2 N–H and O–H groups in total. The van der Waals surface area contributed by atoms with Crippen LogP contribution in [0.2, 0.25) is 0 Å². The Morgan fingerprint density at radius 3 is 2.46 bits per heavy atom. The number of carbonyl (C=O) groups excluding carboxylic acids is 1. The molecule has 0 aliphatic carbocycles. The Kier molecular flexibility index (Phi) is 11.0. The standard InChI is InChI=1S/C19H37N5O2/c1-6-9-20-19(22-15-18(25)23(4)5)21-14-17(16(7-2)8-3)24-10-12-26-13-11-24/h6,16-17H,1,7-15H2,2-5H3,(H2,20,21,22). The average Bonchev–Trinajstić information content (AvgIpc) is 2.66. The number of hydrogen-bond acceptors (Lipinski definition) is 4. The highest BCUT2D eigenvalue weighted by atomic mass is 16.5. The minimum atomic E-state index is -0.0191. The van der Waals surface area contributed by atoms with Crippen molar-refractivity contribution in [2.24, 2.45) is 10.9 Å². The Morgan fingerprint density at radius 1 is 1.27 bits per heavy atom. The van der Waals surface area contributed by atoms with Crippen molar-refractivity contribution >= 4 is 11.9 Å². The van der Waals surface area contributed by atoms with E-state index in [-0.39, 0.29) is 12.5 Å². The number of carbonyl (C=O) groups is 1. The highest BCUT2D eigenvalue weighted by Crippen LogP contribution is 2.19.